The molecule has 1 aliphatic heterocycles. The SMILES string of the molecule is CC(=O)NC(C)(C)c1noc([C@@H](CC(C)C)N2CCCCC2=O)n1. The van der Waals surface area contributed by atoms with Crippen LogP contribution in [0.4, 0.5) is 0 Å². The number of rotatable bonds is 6. The minimum Gasteiger partial charge on any atom is -0.344 e. The van der Waals surface area contributed by atoms with Crippen molar-refractivity contribution in [1.29, 1.82) is 0 Å². The summed E-state index contributed by atoms with van der Waals surface area (Å²) in [7, 11) is 0. The van der Waals surface area contributed by atoms with Gasteiger partial charge in [-0.25, -0.2) is 0 Å². The quantitative estimate of drug-likeness (QED) is 0.862. The number of aromatic nitrogens is 2. The van der Waals surface area contributed by atoms with Gasteiger partial charge in [0.05, 0.1) is 5.54 Å². The molecule has 1 aromatic rings. The molecule has 2 rings (SSSR count). The summed E-state index contributed by atoms with van der Waals surface area (Å²) < 4.78 is 5.49. The number of amides is 2. The van der Waals surface area contributed by atoms with Gasteiger partial charge in [-0.2, -0.15) is 4.98 Å². The minimum absolute atomic E-state index is 0.146. The zero-order valence-electron chi connectivity index (χ0n) is 15.3. The lowest BCUT2D eigenvalue weighted by atomic mass is 9.99. The van der Waals surface area contributed by atoms with Gasteiger partial charge in [-0.3, -0.25) is 9.59 Å². The van der Waals surface area contributed by atoms with E-state index >= 15 is 0 Å². The van der Waals surface area contributed by atoms with Crippen LogP contribution < -0.4 is 5.32 Å². The number of carbonyl (C=O) groups is 2. The Hall–Kier alpha value is -1.92. The topological polar surface area (TPSA) is 88.3 Å². The Morgan fingerprint density at radius 3 is 2.67 bits per heavy atom. The molecule has 1 saturated heterocycles. The van der Waals surface area contributed by atoms with Crippen molar-refractivity contribution in [2.75, 3.05) is 6.54 Å². The van der Waals surface area contributed by atoms with Crippen molar-refractivity contribution in [3.63, 3.8) is 0 Å². The van der Waals surface area contributed by atoms with E-state index in [-0.39, 0.29) is 17.9 Å². The van der Waals surface area contributed by atoms with Crippen molar-refractivity contribution in [1.82, 2.24) is 20.4 Å². The van der Waals surface area contributed by atoms with Crippen molar-refractivity contribution in [3.05, 3.63) is 11.7 Å². The Bertz CT molecular complexity index is 594. The zero-order valence-corrected chi connectivity index (χ0v) is 15.3. The van der Waals surface area contributed by atoms with Gasteiger partial charge in [-0.15, -0.1) is 0 Å². The van der Waals surface area contributed by atoms with E-state index < -0.39 is 5.54 Å². The van der Waals surface area contributed by atoms with E-state index in [2.05, 4.69) is 29.3 Å². The number of nitrogens with one attached hydrogen (secondary N) is 1. The highest BCUT2D eigenvalue weighted by Crippen LogP contribution is 2.31. The van der Waals surface area contributed by atoms with Crippen LogP contribution in [-0.4, -0.2) is 33.4 Å². The van der Waals surface area contributed by atoms with Crippen molar-refractivity contribution in [2.45, 2.75) is 71.9 Å². The minimum atomic E-state index is -0.720. The van der Waals surface area contributed by atoms with Crippen LogP contribution in [0.25, 0.3) is 0 Å². The number of hydrogen-bond acceptors (Lipinski definition) is 5. The molecule has 2 heterocycles. The lowest BCUT2D eigenvalue weighted by Crippen LogP contribution is -2.41. The molecule has 2 amide bonds. The van der Waals surface area contributed by atoms with Gasteiger partial charge in [0, 0.05) is 19.9 Å². The fourth-order valence-corrected chi connectivity index (χ4v) is 3.08. The van der Waals surface area contributed by atoms with Gasteiger partial charge in [0.15, 0.2) is 5.82 Å². The Balaban J connectivity index is 2.27. The third-order valence-electron chi connectivity index (χ3n) is 4.21. The van der Waals surface area contributed by atoms with Crippen LogP contribution in [0.1, 0.15) is 78.1 Å². The molecule has 1 aromatic heterocycles. The maximum absolute atomic E-state index is 12.3. The molecule has 0 unspecified atom stereocenters. The molecular weight excluding hydrogens is 308 g/mol. The molecule has 1 N–H and O–H groups in total. The molecule has 0 bridgehead atoms. The van der Waals surface area contributed by atoms with Crippen LogP contribution in [0.3, 0.4) is 0 Å². The third kappa shape index (κ3) is 4.33. The predicted molar refractivity (Wildman–Crippen MR) is 88.9 cm³/mol. The first-order valence-corrected chi connectivity index (χ1v) is 8.63. The van der Waals surface area contributed by atoms with Crippen LogP contribution >= 0.6 is 0 Å². The summed E-state index contributed by atoms with van der Waals surface area (Å²) in [4.78, 5) is 30.1. The third-order valence-corrected chi connectivity index (χ3v) is 4.21. The maximum atomic E-state index is 12.3. The van der Waals surface area contributed by atoms with Crippen LogP contribution in [0.2, 0.25) is 0 Å². The molecule has 1 aliphatic rings. The molecule has 24 heavy (non-hydrogen) atoms. The van der Waals surface area contributed by atoms with Crippen LogP contribution in [0.15, 0.2) is 4.52 Å². The van der Waals surface area contributed by atoms with E-state index in [1.54, 1.807) is 0 Å². The molecule has 0 radical (unpaired) electrons. The summed E-state index contributed by atoms with van der Waals surface area (Å²) in [5.74, 6) is 1.26. The lowest BCUT2D eigenvalue weighted by Gasteiger charge is -2.33. The number of carbonyl (C=O) groups excluding carboxylic acids is 2. The fourth-order valence-electron chi connectivity index (χ4n) is 3.08. The zero-order chi connectivity index (χ0) is 17.9. The smallest absolute Gasteiger partial charge is 0.249 e. The molecule has 0 aliphatic carbocycles. The van der Waals surface area contributed by atoms with Crippen LogP contribution in [-0.2, 0) is 15.1 Å². The first kappa shape index (κ1) is 18.4. The molecule has 0 spiro atoms. The van der Waals surface area contributed by atoms with Gasteiger partial charge in [-0.05, 0) is 39.0 Å². The monoisotopic (exact) mass is 336 g/mol. The van der Waals surface area contributed by atoms with Gasteiger partial charge in [0.2, 0.25) is 17.7 Å². The van der Waals surface area contributed by atoms with E-state index in [0.717, 1.165) is 25.8 Å². The highest BCUT2D eigenvalue weighted by Gasteiger charge is 2.34. The summed E-state index contributed by atoms with van der Waals surface area (Å²) in [6.07, 6.45) is 3.29. The first-order valence-electron chi connectivity index (χ1n) is 8.63. The normalized spacial score (nSPS) is 17.2. The summed E-state index contributed by atoms with van der Waals surface area (Å²) in [5.41, 5.74) is -0.720. The van der Waals surface area contributed by atoms with Crippen molar-refractivity contribution in [3.8, 4) is 0 Å². The highest BCUT2D eigenvalue weighted by atomic mass is 16.5. The Labute approximate surface area is 143 Å². The number of piperidine rings is 1. The second kappa shape index (κ2) is 7.32. The Morgan fingerprint density at radius 2 is 2.08 bits per heavy atom. The summed E-state index contributed by atoms with van der Waals surface area (Å²) in [6, 6.07) is -0.202. The van der Waals surface area contributed by atoms with Crippen molar-refractivity contribution in [2.24, 2.45) is 5.92 Å². The van der Waals surface area contributed by atoms with E-state index in [0.29, 0.717) is 24.1 Å². The van der Waals surface area contributed by atoms with E-state index in [9.17, 15) is 9.59 Å². The average molecular weight is 336 g/mol. The second-order valence-corrected chi connectivity index (χ2v) is 7.45. The molecule has 0 aromatic carbocycles. The van der Waals surface area contributed by atoms with Gasteiger partial charge < -0.3 is 14.7 Å². The number of likely N-dealkylation sites (tertiary alicyclic amines) is 1. The number of hydrogen-bond donors (Lipinski definition) is 1. The Kier molecular flexibility index (Phi) is 5.62. The van der Waals surface area contributed by atoms with Gasteiger partial charge in [0.25, 0.3) is 0 Å². The summed E-state index contributed by atoms with van der Waals surface area (Å²) >= 11 is 0. The summed E-state index contributed by atoms with van der Waals surface area (Å²) in [6.45, 7) is 10.1. The first-order chi connectivity index (χ1) is 11.2. The second-order valence-electron chi connectivity index (χ2n) is 7.45. The van der Waals surface area contributed by atoms with E-state index in [1.165, 1.54) is 6.92 Å². The van der Waals surface area contributed by atoms with Crippen molar-refractivity contribution >= 4 is 11.8 Å². The van der Waals surface area contributed by atoms with Crippen molar-refractivity contribution < 1.29 is 14.1 Å². The predicted octanol–water partition coefficient (Wildman–Crippen LogP) is 2.54. The largest absolute Gasteiger partial charge is 0.344 e. The van der Waals surface area contributed by atoms with E-state index in [4.69, 9.17) is 4.52 Å². The molecule has 0 saturated carbocycles. The molecule has 7 heteroatoms. The molecule has 1 atom stereocenters. The van der Waals surface area contributed by atoms with Crippen LogP contribution in [0.5, 0.6) is 0 Å². The van der Waals surface area contributed by atoms with Gasteiger partial charge in [-0.1, -0.05) is 19.0 Å². The maximum Gasteiger partial charge on any atom is 0.249 e. The standard InChI is InChI=1S/C17H28N4O3/c1-11(2)10-13(21-9-7-6-8-14(21)23)15-18-16(20-24-15)17(4,5)19-12(3)22/h11,13H,6-10H2,1-5H3,(H,19,22)/t13-/m1/s1. The average Bonchev–Trinajstić information content (AvgIpc) is 2.94. The van der Waals surface area contributed by atoms with Gasteiger partial charge in [0.1, 0.15) is 6.04 Å². The Morgan fingerprint density at radius 1 is 1.38 bits per heavy atom. The number of nitrogens with zero attached hydrogens (tertiary/aromatic N) is 3. The lowest BCUT2D eigenvalue weighted by molar-refractivity contribution is -0.137. The van der Waals surface area contributed by atoms with Crippen LogP contribution in [0, 0.1) is 5.92 Å². The van der Waals surface area contributed by atoms with Gasteiger partial charge >= 0.3 is 0 Å². The highest BCUT2D eigenvalue weighted by molar-refractivity contribution is 5.77. The fraction of sp³-hybridized carbons (Fsp3) is 0.765. The summed E-state index contributed by atoms with van der Waals surface area (Å²) in [5, 5.41) is 6.86. The van der Waals surface area contributed by atoms with E-state index in [1.807, 2.05) is 18.7 Å². The molecular formula is C17H28N4O3. The molecule has 134 valence electrons. The molecule has 7 nitrogen and oxygen atoms in total. The molecule has 1 fully saturated rings.